The molecule has 0 unspecified atom stereocenters. The smallest absolute Gasteiger partial charge is 0.261 e. The average Bonchev–Trinajstić information content (AvgIpc) is 3.12. The molecule has 0 N–H and O–H groups in total. The fraction of sp³-hybridized carbons (Fsp3) is 0.538. The van der Waals surface area contributed by atoms with E-state index in [0.717, 1.165) is 12.1 Å². The second-order valence-corrected chi connectivity index (χ2v) is 7.10. The molecule has 0 radical (unpaired) electrons. The van der Waals surface area contributed by atoms with Crippen molar-refractivity contribution in [1.82, 2.24) is 4.31 Å². The molecule has 1 aromatic rings. The van der Waals surface area contributed by atoms with E-state index < -0.39 is 10.2 Å². The van der Waals surface area contributed by atoms with Crippen LogP contribution in [0.3, 0.4) is 0 Å². The van der Waals surface area contributed by atoms with Gasteiger partial charge >= 0.3 is 10.2 Å². The monoisotopic (exact) mass is 268 g/mol. The summed E-state index contributed by atoms with van der Waals surface area (Å²) in [6.07, 6.45) is 1.02. The molecule has 0 saturated carbocycles. The van der Waals surface area contributed by atoms with E-state index in [2.05, 4.69) is 13.8 Å². The molecule has 18 heavy (non-hydrogen) atoms. The third-order valence-corrected chi connectivity index (χ3v) is 4.94. The predicted molar refractivity (Wildman–Crippen MR) is 73.9 cm³/mol. The molecule has 1 fully saturated rings. The van der Waals surface area contributed by atoms with Crippen LogP contribution in [0.1, 0.15) is 19.4 Å². The Morgan fingerprint density at radius 1 is 1.22 bits per heavy atom. The fourth-order valence-electron chi connectivity index (χ4n) is 1.89. The van der Waals surface area contributed by atoms with Gasteiger partial charge in [-0.05, 0) is 30.0 Å². The third-order valence-electron chi connectivity index (χ3n) is 3.02. The van der Waals surface area contributed by atoms with Crippen LogP contribution in [0.4, 0.5) is 5.69 Å². The van der Waals surface area contributed by atoms with Gasteiger partial charge in [0.1, 0.15) is 0 Å². The standard InChI is InChI=1S/C13H20N2O2S/c1-11(2)10-12-4-6-13(7-5-12)14(3)18(16,17)15-8-9-15/h4-7,11H,8-10H2,1-3H3. The zero-order valence-electron chi connectivity index (χ0n) is 11.1. The summed E-state index contributed by atoms with van der Waals surface area (Å²) in [6.45, 7) is 5.62. The molecule has 0 amide bonds. The highest BCUT2D eigenvalue weighted by Crippen LogP contribution is 2.23. The number of hydrogen-bond acceptors (Lipinski definition) is 2. The minimum Gasteiger partial charge on any atom is -0.261 e. The van der Waals surface area contributed by atoms with Crippen molar-refractivity contribution in [2.24, 2.45) is 5.92 Å². The van der Waals surface area contributed by atoms with Crippen LogP contribution >= 0.6 is 0 Å². The summed E-state index contributed by atoms with van der Waals surface area (Å²) in [6, 6.07) is 7.75. The van der Waals surface area contributed by atoms with E-state index >= 15 is 0 Å². The summed E-state index contributed by atoms with van der Waals surface area (Å²) in [5.41, 5.74) is 1.96. The van der Waals surface area contributed by atoms with Gasteiger partial charge < -0.3 is 0 Å². The van der Waals surface area contributed by atoms with E-state index in [1.807, 2.05) is 24.3 Å². The van der Waals surface area contributed by atoms with Gasteiger partial charge in [0, 0.05) is 20.1 Å². The van der Waals surface area contributed by atoms with Crippen molar-refractivity contribution in [1.29, 1.82) is 0 Å². The first-order chi connectivity index (χ1) is 8.41. The SMILES string of the molecule is CC(C)Cc1ccc(N(C)S(=O)(=O)N2CC2)cc1. The van der Waals surface area contributed by atoms with Gasteiger partial charge in [-0.15, -0.1) is 0 Å². The first kappa shape index (κ1) is 13.4. The Morgan fingerprint density at radius 3 is 2.22 bits per heavy atom. The lowest BCUT2D eigenvalue weighted by atomic mass is 10.0. The van der Waals surface area contributed by atoms with Gasteiger partial charge in [0.15, 0.2) is 0 Å². The molecular formula is C13H20N2O2S. The lowest BCUT2D eigenvalue weighted by Gasteiger charge is -2.19. The van der Waals surface area contributed by atoms with Crippen LogP contribution in [-0.4, -0.2) is 32.9 Å². The van der Waals surface area contributed by atoms with Gasteiger partial charge in [-0.2, -0.15) is 12.7 Å². The highest BCUT2D eigenvalue weighted by Gasteiger charge is 2.35. The molecule has 0 aromatic heterocycles. The van der Waals surface area contributed by atoms with Crippen molar-refractivity contribution in [3.63, 3.8) is 0 Å². The van der Waals surface area contributed by atoms with Crippen LogP contribution in [0.5, 0.6) is 0 Å². The van der Waals surface area contributed by atoms with Crippen LogP contribution in [0.2, 0.25) is 0 Å². The minimum absolute atomic E-state index is 0.606. The molecular weight excluding hydrogens is 248 g/mol. The number of hydrogen-bond donors (Lipinski definition) is 0. The van der Waals surface area contributed by atoms with E-state index in [9.17, 15) is 8.42 Å². The van der Waals surface area contributed by atoms with Gasteiger partial charge in [-0.1, -0.05) is 26.0 Å². The average molecular weight is 268 g/mol. The Labute approximate surface area is 109 Å². The van der Waals surface area contributed by atoms with Crippen LogP contribution < -0.4 is 4.31 Å². The highest BCUT2D eigenvalue weighted by molar-refractivity contribution is 7.90. The Kier molecular flexibility index (Phi) is 3.64. The largest absolute Gasteiger partial charge is 0.303 e. The van der Waals surface area contributed by atoms with Crippen molar-refractivity contribution in [2.45, 2.75) is 20.3 Å². The molecule has 0 atom stereocenters. The maximum atomic E-state index is 12.0. The maximum absolute atomic E-state index is 12.0. The van der Waals surface area contributed by atoms with E-state index in [-0.39, 0.29) is 0 Å². The van der Waals surface area contributed by atoms with Crippen molar-refractivity contribution >= 4 is 15.9 Å². The summed E-state index contributed by atoms with van der Waals surface area (Å²) in [5, 5.41) is 0. The summed E-state index contributed by atoms with van der Waals surface area (Å²) < 4.78 is 26.8. The molecule has 1 aliphatic heterocycles. The van der Waals surface area contributed by atoms with Crippen molar-refractivity contribution in [2.75, 3.05) is 24.4 Å². The molecule has 4 nitrogen and oxygen atoms in total. The number of benzene rings is 1. The van der Waals surface area contributed by atoms with E-state index in [1.165, 1.54) is 14.2 Å². The first-order valence-corrected chi connectivity index (χ1v) is 7.64. The van der Waals surface area contributed by atoms with Crippen LogP contribution in [-0.2, 0) is 16.6 Å². The van der Waals surface area contributed by atoms with Crippen LogP contribution in [0.15, 0.2) is 24.3 Å². The zero-order valence-corrected chi connectivity index (χ0v) is 11.9. The van der Waals surface area contributed by atoms with Crippen molar-refractivity contribution < 1.29 is 8.42 Å². The fourth-order valence-corrected chi connectivity index (χ4v) is 3.17. The van der Waals surface area contributed by atoms with Gasteiger partial charge in [0.2, 0.25) is 0 Å². The maximum Gasteiger partial charge on any atom is 0.303 e. The van der Waals surface area contributed by atoms with Gasteiger partial charge in [-0.25, -0.2) is 0 Å². The van der Waals surface area contributed by atoms with Gasteiger partial charge in [0.05, 0.1) is 5.69 Å². The molecule has 1 saturated heterocycles. The van der Waals surface area contributed by atoms with E-state index in [1.54, 1.807) is 7.05 Å². The Morgan fingerprint density at radius 2 is 1.78 bits per heavy atom. The lowest BCUT2D eigenvalue weighted by molar-refractivity contribution is 0.561. The lowest BCUT2D eigenvalue weighted by Crippen LogP contribution is -2.32. The minimum atomic E-state index is -3.29. The van der Waals surface area contributed by atoms with E-state index in [0.29, 0.717) is 19.0 Å². The number of nitrogens with zero attached hydrogens (tertiary/aromatic N) is 2. The second-order valence-electron chi connectivity index (χ2n) is 5.14. The predicted octanol–water partition coefficient (Wildman–Crippen LogP) is 1.88. The number of anilines is 1. The zero-order chi connectivity index (χ0) is 13.3. The molecule has 1 aromatic carbocycles. The molecule has 0 bridgehead atoms. The Hall–Kier alpha value is -1.07. The summed E-state index contributed by atoms with van der Waals surface area (Å²) in [5.74, 6) is 0.606. The molecule has 5 heteroatoms. The topological polar surface area (TPSA) is 40.4 Å². The molecule has 2 rings (SSSR count). The van der Waals surface area contributed by atoms with Crippen LogP contribution in [0.25, 0.3) is 0 Å². The molecule has 0 spiro atoms. The molecule has 0 aliphatic carbocycles. The molecule has 1 aliphatic rings. The summed E-state index contributed by atoms with van der Waals surface area (Å²) in [7, 11) is -1.69. The van der Waals surface area contributed by atoms with Gasteiger partial charge in [0.25, 0.3) is 0 Å². The summed E-state index contributed by atoms with van der Waals surface area (Å²) in [4.78, 5) is 0. The van der Waals surface area contributed by atoms with Crippen molar-refractivity contribution in [3.05, 3.63) is 29.8 Å². The second kappa shape index (κ2) is 4.90. The summed E-state index contributed by atoms with van der Waals surface area (Å²) >= 11 is 0. The molecule has 100 valence electrons. The molecule has 1 heterocycles. The Balaban J connectivity index is 2.14. The van der Waals surface area contributed by atoms with Crippen molar-refractivity contribution in [3.8, 4) is 0 Å². The first-order valence-electron chi connectivity index (χ1n) is 6.24. The third kappa shape index (κ3) is 2.84. The quantitative estimate of drug-likeness (QED) is 0.765. The Bertz CT molecular complexity index is 504. The number of rotatable bonds is 5. The van der Waals surface area contributed by atoms with E-state index in [4.69, 9.17) is 0 Å². The van der Waals surface area contributed by atoms with Crippen LogP contribution in [0, 0.1) is 5.92 Å². The normalized spacial score (nSPS) is 16.0. The highest BCUT2D eigenvalue weighted by atomic mass is 32.2. The van der Waals surface area contributed by atoms with Gasteiger partial charge in [-0.3, -0.25) is 4.31 Å².